The lowest BCUT2D eigenvalue weighted by Crippen LogP contribution is -2.07. The molecule has 0 atom stereocenters. The Morgan fingerprint density at radius 3 is 2.95 bits per heavy atom. The summed E-state index contributed by atoms with van der Waals surface area (Å²) in [5.41, 5.74) is 0.633. The minimum Gasteiger partial charge on any atom is -0.494 e. The average molecular weight is 280 g/mol. The Balaban J connectivity index is 2.28. The average Bonchev–Trinajstić information content (AvgIpc) is 2.42. The zero-order valence-corrected chi connectivity index (χ0v) is 10.9. The topological polar surface area (TPSA) is 39.2 Å². The molecule has 0 fully saturated rings. The second kappa shape index (κ2) is 5.80. The first kappa shape index (κ1) is 13.5. The van der Waals surface area contributed by atoms with Gasteiger partial charge in [0, 0.05) is 17.6 Å². The Bertz CT molecular complexity index is 616. The molecular weight excluding hydrogens is 269 g/mol. The maximum Gasteiger partial charge on any atom is 0.171 e. The van der Waals surface area contributed by atoms with Crippen molar-refractivity contribution in [2.45, 2.75) is 6.42 Å². The van der Waals surface area contributed by atoms with Gasteiger partial charge in [-0.15, -0.1) is 0 Å². The van der Waals surface area contributed by atoms with E-state index in [0.29, 0.717) is 16.3 Å². The summed E-state index contributed by atoms with van der Waals surface area (Å²) >= 11 is 5.79. The Kier molecular flexibility index (Phi) is 4.12. The first-order valence-corrected chi connectivity index (χ1v) is 5.94. The number of benzene rings is 1. The molecule has 2 aromatic rings. The number of halogens is 2. The fourth-order valence-electron chi connectivity index (χ4n) is 1.72. The molecule has 0 N–H and O–H groups in total. The van der Waals surface area contributed by atoms with Crippen LogP contribution in [-0.2, 0) is 6.42 Å². The minimum atomic E-state index is -0.453. The molecule has 2 rings (SSSR count). The van der Waals surface area contributed by atoms with E-state index in [1.807, 2.05) is 0 Å². The molecule has 0 saturated heterocycles. The zero-order valence-electron chi connectivity index (χ0n) is 10.2. The largest absolute Gasteiger partial charge is 0.494 e. The third kappa shape index (κ3) is 3.09. The molecule has 3 nitrogen and oxygen atoms in total. The van der Waals surface area contributed by atoms with Crippen LogP contribution in [0.1, 0.15) is 15.9 Å². The number of nitrogens with zero attached hydrogens (tertiary/aromatic N) is 1. The third-order valence-corrected chi connectivity index (χ3v) is 2.90. The van der Waals surface area contributed by atoms with Gasteiger partial charge in [0.2, 0.25) is 0 Å². The number of Topliss-reactive ketones (excluding diaryl/α,β-unsaturated/α-hetero) is 1. The van der Waals surface area contributed by atoms with E-state index in [4.69, 9.17) is 16.3 Å². The van der Waals surface area contributed by atoms with E-state index < -0.39 is 5.82 Å². The molecule has 19 heavy (non-hydrogen) atoms. The monoisotopic (exact) mass is 279 g/mol. The fourth-order valence-corrected chi connectivity index (χ4v) is 1.91. The summed E-state index contributed by atoms with van der Waals surface area (Å²) in [4.78, 5) is 16.0. The van der Waals surface area contributed by atoms with Gasteiger partial charge in [-0.3, -0.25) is 9.78 Å². The Morgan fingerprint density at radius 2 is 2.21 bits per heavy atom. The summed E-state index contributed by atoms with van der Waals surface area (Å²) < 4.78 is 18.6. The highest BCUT2D eigenvalue weighted by molar-refractivity contribution is 6.30. The van der Waals surface area contributed by atoms with E-state index in [0.717, 1.165) is 0 Å². The molecule has 1 heterocycles. The molecule has 5 heteroatoms. The van der Waals surface area contributed by atoms with E-state index in [9.17, 15) is 9.18 Å². The highest BCUT2D eigenvalue weighted by atomic mass is 35.5. The van der Waals surface area contributed by atoms with Gasteiger partial charge in [-0.2, -0.15) is 0 Å². The first-order chi connectivity index (χ1) is 9.11. The molecule has 0 aliphatic heterocycles. The van der Waals surface area contributed by atoms with E-state index in [1.165, 1.54) is 37.7 Å². The number of hydrogen-bond acceptors (Lipinski definition) is 3. The van der Waals surface area contributed by atoms with Crippen LogP contribution in [0.15, 0.2) is 36.7 Å². The van der Waals surface area contributed by atoms with Crippen LogP contribution in [-0.4, -0.2) is 17.9 Å². The van der Waals surface area contributed by atoms with Crippen molar-refractivity contribution in [3.05, 3.63) is 58.6 Å². The molecule has 0 bridgehead atoms. The maximum absolute atomic E-state index is 13.6. The van der Waals surface area contributed by atoms with Crippen molar-refractivity contribution < 1.29 is 13.9 Å². The molecule has 0 aliphatic rings. The Hall–Kier alpha value is -1.94. The van der Waals surface area contributed by atoms with Crippen molar-refractivity contribution in [2.75, 3.05) is 7.11 Å². The summed E-state index contributed by atoms with van der Waals surface area (Å²) in [6.07, 6.45) is 2.86. The van der Waals surface area contributed by atoms with Crippen molar-refractivity contribution in [3.8, 4) is 5.75 Å². The summed E-state index contributed by atoms with van der Waals surface area (Å²) in [6.45, 7) is 0. The fraction of sp³-hybridized carbons (Fsp3) is 0.143. The lowest BCUT2D eigenvalue weighted by Gasteiger charge is -2.07. The highest BCUT2D eigenvalue weighted by Gasteiger charge is 2.15. The number of pyridine rings is 1. The lowest BCUT2D eigenvalue weighted by atomic mass is 10.0. The molecule has 1 aromatic heterocycles. The SMILES string of the molecule is COc1cnccc1C(=O)Cc1cc(Cl)ccc1F. The van der Waals surface area contributed by atoms with Crippen LogP contribution in [0.4, 0.5) is 4.39 Å². The van der Waals surface area contributed by atoms with E-state index >= 15 is 0 Å². The van der Waals surface area contributed by atoms with E-state index in [1.54, 1.807) is 6.07 Å². The standard InChI is InChI=1S/C14H11ClFNO2/c1-19-14-8-17-5-4-11(14)13(18)7-9-6-10(15)2-3-12(9)16/h2-6,8H,7H2,1H3. The maximum atomic E-state index is 13.6. The van der Waals surface area contributed by atoms with Crippen LogP contribution in [0.5, 0.6) is 5.75 Å². The molecule has 0 radical (unpaired) electrons. The van der Waals surface area contributed by atoms with Crippen molar-refractivity contribution >= 4 is 17.4 Å². The minimum absolute atomic E-state index is 0.0766. The van der Waals surface area contributed by atoms with Gasteiger partial charge in [0.25, 0.3) is 0 Å². The van der Waals surface area contributed by atoms with Crippen molar-refractivity contribution in [1.82, 2.24) is 4.98 Å². The van der Waals surface area contributed by atoms with Gasteiger partial charge < -0.3 is 4.74 Å². The second-order valence-corrected chi connectivity index (χ2v) is 4.35. The van der Waals surface area contributed by atoms with Crippen LogP contribution in [0.2, 0.25) is 5.02 Å². The number of carbonyl (C=O) groups is 1. The van der Waals surface area contributed by atoms with Crippen LogP contribution in [0, 0.1) is 5.82 Å². The summed E-state index contributed by atoms with van der Waals surface area (Å²) in [5, 5.41) is 0.394. The lowest BCUT2D eigenvalue weighted by molar-refractivity contribution is 0.0988. The highest BCUT2D eigenvalue weighted by Crippen LogP contribution is 2.21. The molecule has 0 unspecified atom stereocenters. The van der Waals surface area contributed by atoms with Crippen LogP contribution in [0.25, 0.3) is 0 Å². The van der Waals surface area contributed by atoms with Gasteiger partial charge in [-0.25, -0.2) is 4.39 Å². The third-order valence-electron chi connectivity index (χ3n) is 2.66. The van der Waals surface area contributed by atoms with Crippen LogP contribution >= 0.6 is 11.6 Å². The number of methoxy groups -OCH3 is 1. The van der Waals surface area contributed by atoms with Crippen molar-refractivity contribution in [1.29, 1.82) is 0 Å². The van der Waals surface area contributed by atoms with Crippen molar-refractivity contribution in [3.63, 3.8) is 0 Å². The van der Waals surface area contributed by atoms with E-state index in [2.05, 4.69) is 4.98 Å². The molecule has 0 amide bonds. The van der Waals surface area contributed by atoms with Gasteiger partial charge in [0.05, 0.1) is 18.9 Å². The summed E-state index contributed by atoms with van der Waals surface area (Å²) in [5.74, 6) is -0.332. The normalized spacial score (nSPS) is 10.3. The van der Waals surface area contributed by atoms with Crippen molar-refractivity contribution in [2.24, 2.45) is 0 Å². The molecular formula is C14H11ClFNO2. The second-order valence-electron chi connectivity index (χ2n) is 3.91. The number of carbonyl (C=O) groups excluding carboxylic acids is 1. The summed E-state index contributed by atoms with van der Waals surface area (Å²) in [6, 6.07) is 5.68. The molecule has 98 valence electrons. The van der Waals surface area contributed by atoms with Gasteiger partial charge in [0.1, 0.15) is 11.6 Å². The Morgan fingerprint density at radius 1 is 1.42 bits per heavy atom. The van der Waals surface area contributed by atoms with Gasteiger partial charge >= 0.3 is 0 Å². The number of ketones is 1. The molecule has 0 saturated carbocycles. The molecule has 1 aromatic carbocycles. The van der Waals surface area contributed by atoms with Gasteiger partial charge in [-0.05, 0) is 29.8 Å². The van der Waals surface area contributed by atoms with Crippen LogP contribution < -0.4 is 4.74 Å². The van der Waals surface area contributed by atoms with Crippen LogP contribution in [0.3, 0.4) is 0 Å². The molecule has 0 aliphatic carbocycles. The quantitative estimate of drug-likeness (QED) is 0.806. The number of ether oxygens (including phenoxy) is 1. The first-order valence-electron chi connectivity index (χ1n) is 5.57. The predicted octanol–water partition coefficient (Wildman–Crippen LogP) is 3.31. The summed E-state index contributed by atoms with van der Waals surface area (Å²) in [7, 11) is 1.45. The smallest absolute Gasteiger partial charge is 0.171 e. The predicted molar refractivity (Wildman–Crippen MR) is 70.2 cm³/mol. The number of rotatable bonds is 4. The zero-order chi connectivity index (χ0) is 13.8. The Labute approximate surface area is 115 Å². The van der Waals surface area contributed by atoms with Gasteiger partial charge in [0.15, 0.2) is 5.78 Å². The number of aromatic nitrogens is 1. The molecule has 0 spiro atoms. The van der Waals surface area contributed by atoms with Gasteiger partial charge in [-0.1, -0.05) is 11.6 Å². The van der Waals surface area contributed by atoms with E-state index in [-0.39, 0.29) is 17.8 Å². The number of hydrogen-bond donors (Lipinski definition) is 0.